The summed E-state index contributed by atoms with van der Waals surface area (Å²) in [5.41, 5.74) is 6.25. The average Bonchev–Trinajstić information content (AvgIpc) is 2.44. The zero-order valence-electron chi connectivity index (χ0n) is 10.7. The van der Waals surface area contributed by atoms with Crippen molar-refractivity contribution >= 4 is 33.6 Å². The number of rotatable bonds is 0. The molecule has 0 fully saturated rings. The van der Waals surface area contributed by atoms with Gasteiger partial charge in [0.15, 0.2) is 0 Å². The molecular formula is C17H12BrClO. The molecule has 0 aromatic heterocycles. The summed E-state index contributed by atoms with van der Waals surface area (Å²) >= 11 is 9.66. The first kappa shape index (κ1) is 12.5. The predicted octanol–water partition coefficient (Wildman–Crippen LogP) is 5.58. The van der Waals surface area contributed by atoms with Crippen molar-refractivity contribution in [1.82, 2.24) is 0 Å². The van der Waals surface area contributed by atoms with Crippen LogP contribution in [0.5, 0.6) is 5.75 Å². The topological polar surface area (TPSA) is 9.23 Å². The maximum absolute atomic E-state index is 6.07. The van der Waals surface area contributed by atoms with Gasteiger partial charge in [-0.1, -0.05) is 33.6 Å². The number of hydrogen-bond acceptors (Lipinski definition) is 1. The zero-order chi connectivity index (χ0) is 13.7. The molecule has 1 heterocycles. The van der Waals surface area contributed by atoms with E-state index in [0.717, 1.165) is 29.2 Å². The minimum Gasteiger partial charge on any atom is -0.488 e. The first-order valence-corrected chi connectivity index (χ1v) is 7.82. The Balaban J connectivity index is 1.92. The molecule has 0 N–H and O–H groups in total. The fourth-order valence-electron chi connectivity index (χ4n) is 2.92. The number of fused-ring (bicyclic) bond motifs is 4. The minimum absolute atomic E-state index is 0.590. The van der Waals surface area contributed by atoms with Crippen LogP contribution in [0.25, 0.3) is 17.2 Å². The second-order valence-corrected chi connectivity index (χ2v) is 6.68. The minimum atomic E-state index is 0.590. The molecule has 20 heavy (non-hydrogen) atoms. The molecule has 0 bridgehead atoms. The highest BCUT2D eigenvalue weighted by molar-refractivity contribution is 9.11. The van der Waals surface area contributed by atoms with Crippen molar-refractivity contribution in [1.29, 1.82) is 0 Å². The summed E-state index contributed by atoms with van der Waals surface area (Å²) in [5, 5.41) is 0.764. The third-order valence-corrected chi connectivity index (χ3v) is 4.79. The number of allylic oxidation sites excluding steroid dienone is 1. The van der Waals surface area contributed by atoms with Gasteiger partial charge >= 0.3 is 0 Å². The van der Waals surface area contributed by atoms with Crippen molar-refractivity contribution in [3.05, 3.63) is 56.5 Å². The van der Waals surface area contributed by atoms with E-state index >= 15 is 0 Å². The Morgan fingerprint density at radius 1 is 1.00 bits per heavy atom. The molecule has 3 heteroatoms. The first-order valence-electron chi connectivity index (χ1n) is 6.65. The van der Waals surface area contributed by atoms with E-state index in [0.29, 0.717) is 6.61 Å². The van der Waals surface area contributed by atoms with Gasteiger partial charge in [-0.15, -0.1) is 0 Å². The third-order valence-electron chi connectivity index (χ3n) is 3.93. The number of halogens is 2. The summed E-state index contributed by atoms with van der Waals surface area (Å²) in [6.45, 7) is 0.590. The lowest BCUT2D eigenvalue weighted by Gasteiger charge is -2.24. The normalized spacial score (nSPS) is 15.6. The molecule has 0 saturated heterocycles. The number of aryl methyl sites for hydroxylation is 1. The van der Waals surface area contributed by atoms with E-state index < -0.39 is 0 Å². The molecule has 0 amide bonds. The molecule has 2 aromatic rings. The van der Waals surface area contributed by atoms with Crippen LogP contribution in [0.1, 0.15) is 23.1 Å². The van der Waals surface area contributed by atoms with E-state index in [1.54, 1.807) is 0 Å². The van der Waals surface area contributed by atoms with Crippen LogP contribution in [-0.2, 0) is 13.0 Å². The SMILES string of the molecule is Clc1ccc2c(c1)COc1cc3c(cc1-2)CCC(Br)=C3. The van der Waals surface area contributed by atoms with Crippen molar-refractivity contribution < 1.29 is 4.74 Å². The van der Waals surface area contributed by atoms with E-state index in [1.165, 1.54) is 26.7 Å². The largest absolute Gasteiger partial charge is 0.488 e. The highest BCUT2D eigenvalue weighted by Crippen LogP contribution is 2.42. The Labute approximate surface area is 131 Å². The van der Waals surface area contributed by atoms with Gasteiger partial charge in [0.2, 0.25) is 0 Å². The third kappa shape index (κ3) is 1.99. The molecule has 100 valence electrons. The maximum Gasteiger partial charge on any atom is 0.128 e. The fraction of sp³-hybridized carbons (Fsp3) is 0.176. The van der Waals surface area contributed by atoms with Gasteiger partial charge < -0.3 is 4.74 Å². The molecule has 0 atom stereocenters. The number of hydrogen-bond donors (Lipinski definition) is 0. The van der Waals surface area contributed by atoms with Crippen molar-refractivity contribution in [3.8, 4) is 16.9 Å². The second-order valence-electron chi connectivity index (χ2n) is 5.23. The molecule has 1 nitrogen and oxygen atoms in total. The second kappa shape index (κ2) is 4.64. The Morgan fingerprint density at radius 3 is 2.80 bits per heavy atom. The van der Waals surface area contributed by atoms with E-state index in [9.17, 15) is 0 Å². The van der Waals surface area contributed by atoms with Gasteiger partial charge in [0, 0.05) is 10.6 Å². The van der Waals surface area contributed by atoms with Crippen molar-refractivity contribution in [2.24, 2.45) is 0 Å². The Morgan fingerprint density at radius 2 is 1.90 bits per heavy atom. The Kier molecular flexibility index (Phi) is 2.90. The molecule has 2 aromatic carbocycles. The van der Waals surface area contributed by atoms with Gasteiger partial charge in [-0.05, 0) is 69.9 Å². The van der Waals surface area contributed by atoms with Crippen LogP contribution < -0.4 is 4.74 Å². The van der Waals surface area contributed by atoms with Crippen LogP contribution in [0, 0.1) is 0 Å². The number of benzene rings is 2. The molecule has 0 radical (unpaired) electrons. The highest BCUT2D eigenvalue weighted by atomic mass is 79.9. The first-order chi connectivity index (χ1) is 9.70. The van der Waals surface area contributed by atoms with Gasteiger partial charge in [0.1, 0.15) is 12.4 Å². The van der Waals surface area contributed by atoms with Crippen LogP contribution in [0.15, 0.2) is 34.8 Å². The molecule has 1 aliphatic heterocycles. The van der Waals surface area contributed by atoms with Gasteiger partial charge in [0.05, 0.1) is 0 Å². The summed E-state index contributed by atoms with van der Waals surface area (Å²) in [5.74, 6) is 0.969. The van der Waals surface area contributed by atoms with Crippen molar-refractivity contribution in [3.63, 3.8) is 0 Å². The van der Waals surface area contributed by atoms with E-state index in [4.69, 9.17) is 16.3 Å². The smallest absolute Gasteiger partial charge is 0.128 e. The molecule has 0 saturated carbocycles. The van der Waals surface area contributed by atoms with Crippen molar-refractivity contribution in [2.45, 2.75) is 19.4 Å². The fourth-order valence-corrected chi connectivity index (χ4v) is 3.56. The highest BCUT2D eigenvalue weighted by Gasteiger charge is 2.20. The van der Waals surface area contributed by atoms with Gasteiger partial charge in [-0.2, -0.15) is 0 Å². The molecule has 0 spiro atoms. The Hall–Kier alpha value is -1.25. The molecule has 4 rings (SSSR count). The lowest BCUT2D eigenvalue weighted by molar-refractivity contribution is 0.302. The van der Waals surface area contributed by atoms with E-state index in [-0.39, 0.29) is 0 Å². The lowest BCUT2D eigenvalue weighted by atomic mass is 9.90. The van der Waals surface area contributed by atoms with Crippen LogP contribution in [-0.4, -0.2) is 0 Å². The van der Waals surface area contributed by atoms with Crippen LogP contribution >= 0.6 is 27.5 Å². The molecular weight excluding hydrogens is 336 g/mol. The standard InChI is InChI=1S/C17H12BrClO/c18-13-2-1-10-7-16-15-4-3-14(19)6-12(15)9-20-17(16)8-11(10)5-13/h3-8H,1-2,9H2. The summed E-state index contributed by atoms with van der Waals surface area (Å²) in [4.78, 5) is 0. The molecule has 2 aliphatic rings. The molecule has 1 aliphatic carbocycles. The van der Waals surface area contributed by atoms with E-state index in [1.807, 2.05) is 12.1 Å². The average molecular weight is 348 g/mol. The predicted molar refractivity (Wildman–Crippen MR) is 86.4 cm³/mol. The van der Waals surface area contributed by atoms with Crippen LogP contribution in [0.3, 0.4) is 0 Å². The molecule has 0 unspecified atom stereocenters. The van der Waals surface area contributed by atoms with Gasteiger partial charge in [-0.3, -0.25) is 0 Å². The van der Waals surface area contributed by atoms with Crippen LogP contribution in [0.2, 0.25) is 5.02 Å². The number of ether oxygens (including phenoxy) is 1. The van der Waals surface area contributed by atoms with Gasteiger partial charge in [0.25, 0.3) is 0 Å². The van der Waals surface area contributed by atoms with Crippen molar-refractivity contribution in [2.75, 3.05) is 0 Å². The summed E-state index contributed by atoms with van der Waals surface area (Å²) in [7, 11) is 0. The quantitative estimate of drug-likeness (QED) is 0.604. The van der Waals surface area contributed by atoms with Gasteiger partial charge in [-0.25, -0.2) is 0 Å². The Bertz CT molecular complexity index is 749. The summed E-state index contributed by atoms with van der Waals surface area (Å²) < 4.78 is 7.16. The van der Waals surface area contributed by atoms with E-state index in [2.05, 4.69) is 40.2 Å². The zero-order valence-corrected chi connectivity index (χ0v) is 13.1. The maximum atomic E-state index is 6.07. The summed E-state index contributed by atoms with van der Waals surface area (Å²) in [6.07, 6.45) is 4.34. The summed E-state index contributed by atoms with van der Waals surface area (Å²) in [6, 6.07) is 10.5. The lowest BCUT2D eigenvalue weighted by Crippen LogP contribution is -2.07. The monoisotopic (exact) mass is 346 g/mol. The van der Waals surface area contributed by atoms with Crippen LogP contribution in [0.4, 0.5) is 0 Å².